The van der Waals surface area contributed by atoms with E-state index in [-0.39, 0.29) is 11.4 Å². The number of halogens is 3. The maximum absolute atomic E-state index is 13.4. The number of para-hydroxylation sites is 1. The third-order valence-corrected chi connectivity index (χ3v) is 7.64. The van der Waals surface area contributed by atoms with Crippen molar-refractivity contribution in [2.45, 2.75) is 23.2 Å². The molecule has 0 aromatic heterocycles. The van der Waals surface area contributed by atoms with Crippen molar-refractivity contribution < 1.29 is 37.0 Å². The number of thioether (sulfide) groups is 1. The zero-order valence-corrected chi connectivity index (χ0v) is 25.8. The van der Waals surface area contributed by atoms with Gasteiger partial charge in [-0.25, -0.2) is 0 Å². The van der Waals surface area contributed by atoms with Crippen molar-refractivity contribution in [1.29, 1.82) is 0 Å². The Morgan fingerprint density at radius 3 is 2.11 bits per heavy atom. The van der Waals surface area contributed by atoms with Gasteiger partial charge < -0.3 is 25.4 Å². The van der Waals surface area contributed by atoms with Gasteiger partial charge in [0.1, 0.15) is 5.70 Å². The van der Waals surface area contributed by atoms with Crippen LogP contribution in [0, 0.1) is 0 Å². The van der Waals surface area contributed by atoms with E-state index in [2.05, 4.69) is 16.0 Å². The lowest BCUT2D eigenvalue weighted by molar-refractivity contribution is -0.137. The van der Waals surface area contributed by atoms with Gasteiger partial charge in [0.15, 0.2) is 11.5 Å². The summed E-state index contributed by atoms with van der Waals surface area (Å²) in [6, 6.07) is 24.8. The second-order valence-corrected chi connectivity index (χ2v) is 11.2. The maximum Gasteiger partial charge on any atom is 0.418 e. The van der Waals surface area contributed by atoms with E-state index in [1.807, 2.05) is 0 Å². The molecule has 0 saturated heterocycles. The molecule has 0 spiro atoms. The molecule has 12 heteroatoms. The fraction of sp³-hybridized carbons (Fsp3) is 0.147. The van der Waals surface area contributed by atoms with E-state index in [9.17, 15) is 27.6 Å². The molecule has 0 fully saturated rings. The fourth-order valence-corrected chi connectivity index (χ4v) is 5.07. The highest BCUT2D eigenvalue weighted by atomic mass is 32.2. The zero-order chi connectivity index (χ0) is 33.3. The molecule has 0 bridgehead atoms. The molecule has 4 aromatic carbocycles. The topological polar surface area (TPSA) is 106 Å². The van der Waals surface area contributed by atoms with E-state index in [4.69, 9.17) is 9.47 Å². The zero-order valence-electron chi connectivity index (χ0n) is 25.0. The van der Waals surface area contributed by atoms with Gasteiger partial charge in [0, 0.05) is 16.1 Å². The standard InChI is InChI=1S/C34H30F3N3O5S/c1-21(31(41)39-27-12-8-7-11-26(27)34(35,36)37)46-25-16-14-24(15-17-25)38-33(43)28(40-32(42)23-9-5-4-6-10-23)19-22-13-18-29(44-2)30(20-22)45-3/h4-21H,1-3H3,(H,38,43)(H,39,41)(H,40,42)/b28-19-. The number of methoxy groups -OCH3 is 2. The van der Waals surface area contributed by atoms with Gasteiger partial charge in [0.25, 0.3) is 11.8 Å². The Bertz CT molecular complexity index is 1730. The summed E-state index contributed by atoms with van der Waals surface area (Å²) < 4.78 is 50.6. The van der Waals surface area contributed by atoms with E-state index in [0.29, 0.717) is 33.2 Å². The van der Waals surface area contributed by atoms with Crippen molar-refractivity contribution in [2.75, 3.05) is 24.9 Å². The summed E-state index contributed by atoms with van der Waals surface area (Å²) in [5.74, 6) is -0.756. The summed E-state index contributed by atoms with van der Waals surface area (Å²) >= 11 is 1.14. The molecule has 0 saturated carbocycles. The molecule has 4 rings (SSSR count). The number of carbonyl (C=O) groups is 3. The molecule has 46 heavy (non-hydrogen) atoms. The number of ether oxygens (including phenoxy) is 2. The number of carbonyl (C=O) groups excluding carboxylic acids is 3. The Hall–Kier alpha value is -5.23. The summed E-state index contributed by atoms with van der Waals surface area (Å²) in [6.07, 6.45) is -3.11. The van der Waals surface area contributed by atoms with E-state index < -0.39 is 34.7 Å². The van der Waals surface area contributed by atoms with Crippen LogP contribution in [0.5, 0.6) is 11.5 Å². The van der Waals surface area contributed by atoms with Crippen LogP contribution in [0.3, 0.4) is 0 Å². The quantitative estimate of drug-likeness (QED) is 0.117. The minimum atomic E-state index is -4.61. The van der Waals surface area contributed by atoms with Gasteiger partial charge in [-0.15, -0.1) is 11.8 Å². The Kier molecular flexibility index (Phi) is 11.1. The predicted molar refractivity (Wildman–Crippen MR) is 172 cm³/mol. The van der Waals surface area contributed by atoms with Gasteiger partial charge in [-0.1, -0.05) is 36.4 Å². The highest BCUT2D eigenvalue weighted by molar-refractivity contribution is 8.00. The third-order valence-electron chi connectivity index (χ3n) is 6.53. The maximum atomic E-state index is 13.4. The largest absolute Gasteiger partial charge is 0.493 e. The lowest BCUT2D eigenvalue weighted by atomic mass is 10.1. The molecule has 0 aliphatic carbocycles. The van der Waals surface area contributed by atoms with Crippen LogP contribution >= 0.6 is 11.8 Å². The molecule has 0 heterocycles. The van der Waals surface area contributed by atoms with Crippen molar-refractivity contribution >= 4 is 46.9 Å². The molecule has 0 aliphatic rings. The lowest BCUT2D eigenvalue weighted by Gasteiger charge is -2.16. The predicted octanol–water partition coefficient (Wildman–Crippen LogP) is 7.25. The Morgan fingerprint density at radius 2 is 1.46 bits per heavy atom. The van der Waals surface area contributed by atoms with Crippen molar-refractivity contribution in [3.8, 4) is 11.5 Å². The number of hydrogen-bond acceptors (Lipinski definition) is 6. The van der Waals surface area contributed by atoms with Crippen LogP contribution in [0.15, 0.2) is 108 Å². The number of nitrogens with one attached hydrogen (secondary N) is 3. The van der Waals surface area contributed by atoms with Crippen molar-refractivity contribution in [3.63, 3.8) is 0 Å². The summed E-state index contributed by atoms with van der Waals surface area (Å²) in [5.41, 5.74) is 0.0339. The first-order chi connectivity index (χ1) is 22.0. The fourth-order valence-electron chi connectivity index (χ4n) is 4.20. The molecule has 238 valence electrons. The number of rotatable bonds is 11. The average molecular weight is 650 g/mol. The van der Waals surface area contributed by atoms with Crippen LogP contribution in [0.25, 0.3) is 6.08 Å². The van der Waals surface area contributed by atoms with Gasteiger partial charge in [0.2, 0.25) is 5.91 Å². The average Bonchev–Trinajstić information content (AvgIpc) is 3.05. The first-order valence-corrected chi connectivity index (χ1v) is 14.7. The van der Waals surface area contributed by atoms with E-state index in [1.165, 1.54) is 38.5 Å². The van der Waals surface area contributed by atoms with Gasteiger partial charge >= 0.3 is 6.18 Å². The summed E-state index contributed by atoms with van der Waals surface area (Å²) in [4.78, 5) is 39.7. The van der Waals surface area contributed by atoms with Crippen LogP contribution in [0.2, 0.25) is 0 Å². The molecule has 3 N–H and O–H groups in total. The third kappa shape index (κ3) is 8.91. The summed E-state index contributed by atoms with van der Waals surface area (Å²) in [7, 11) is 2.99. The van der Waals surface area contributed by atoms with Gasteiger partial charge in [0.05, 0.1) is 30.7 Å². The number of hydrogen-bond donors (Lipinski definition) is 3. The van der Waals surface area contributed by atoms with Crippen LogP contribution < -0.4 is 25.4 Å². The molecule has 1 atom stereocenters. The SMILES string of the molecule is COc1ccc(/C=C(\NC(=O)c2ccccc2)C(=O)Nc2ccc(SC(C)C(=O)Nc3ccccc3C(F)(F)F)cc2)cc1OC. The second-order valence-electron chi connectivity index (χ2n) is 9.76. The van der Waals surface area contributed by atoms with Crippen LogP contribution in [-0.4, -0.2) is 37.2 Å². The number of benzene rings is 4. The Balaban J connectivity index is 1.47. The molecule has 4 aromatic rings. The van der Waals surface area contributed by atoms with E-state index >= 15 is 0 Å². The minimum absolute atomic E-state index is 0.0380. The van der Waals surface area contributed by atoms with Crippen LogP contribution in [0.4, 0.5) is 24.5 Å². The Labute approximate surface area is 268 Å². The second kappa shape index (κ2) is 15.2. The van der Waals surface area contributed by atoms with Crippen molar-refractivity contribution in [1.82, 2.24) is 5.32 Å². The molecular weight excluding hydrogens is 619 g/mol. The van der Waals surface area contributed by atoms with Crippen LogP contribution in [0.1, 0.15) is 28.4 Å². The first-order valence-electron chi connectivity index (χ1n) is 13.8. The van der Waals surface area contributed by atoms with Gasteiger partial charge in [-0.3, -0.25) is 14.4 Å². The first kappa shape index (κ1) is 33.7. The monoisotopic (exact) mass is 649 g/mol. The highest BCUT2D eigenvalue weighted by Gasteiger charge is 2.34. The normalized spacial score (nSPS) is 12.1. The van der Waals surface area contributed by atoms with E-state index in [0.717, 1.165) is 17.8 Å². The minimum Gasteiger partial charge on any atom is -0.493 e. The smallest absolute Gasteiger partial charge is 0.418 e. The molecule has 3 amide bonds. The molecule has 0 radical (unpaired) electrons. The molecule has 1 unspecified atom stereocenters. The number of alkyl halides is 3. The van der Waals surface area contributed by atoms with Gasteiger partial charge in [-0.2, -0.15) is 13.2 Å². The lowest BCUT2D eigenvalue weighted by Crippen LogP contribution is -2.30. The Morgan fingerprint density at radius 1 is 0.804 bits per heavy atom. The molecule has 8 nitrogen and oxygen atoms in total. The van der Waals surface area contributed by atoms with Gasteiger partial charge in [-0.05, 0) is 79.2 Å². The highest BCUT2D eigenvalue weighted by Crippen LogP contribution is 2.35. The summed E-state index contributed by atoms with van der Waals surface area (Å²) in [5, 5.41) is 7.05. The van der Waals surface area contributed by atoms with Crippen LogP contribution in [-0.2, 0) is 15.8 Å². The summed E-state index contributed by atoms with van der Waals surface area (Å²) in [6.45, 7) is 1.58. The molecule has 0 aliphatic heterocycles. The van der Waals surface area contributed by atoms with E-state index in [1.54, 1.807) is 79.7 Å². The van der Waals surface area contributed by atoms with Crippen molar-refractivity contribution in [2.24, 2.45) is 0 Å². The number of anilines is 2. The number of amides is 3. The van der Waals surface area contributed by atoms with Crippen molar-refractivity contribution in [3.05, 3.63) is 119 Å². The molecular formula is C34H30F3N3O5S.